The van der Waals surface area contributed by atoms with Crippen LogP contribution in [0.5, 0.6) is 0 Å². The summed E-state index contributed by atoms with van der Waals surface area (Å²) in [5.74, 6) is 1.69. The number of hydrogen-bond acceptors (Lipinski definition) is 3. The Hall–Kier alpha value is -9.97. The highest BCUT2D eigenvalue weighted by Crippen LogP contribution is 2.47. The monoisotopic (exact) mass is 943 g/mol. The zero-order valence-corrected chi connectivity index (χ0v) is 40.2. The molecule has 11 aromatic carbocycles. The van der Waals surface area contributed by atoms with Gasteiger partial charge in [0.25, 0.3) is 0 Å². The molecule has 0 atom stereocenters. The van der Waals surface area contributed by atoms with E-state index in [2.05, 4.69) is 276 Å². The third-order valence-electron chi connectivity index (χ3n) is 14.4. The summed E-state index contributed by atoms with van der Waals surface area (Å²) in [5, 5.41) is 4.49. The molecule has 0 bridgehead atoms. The van der Waals surface area contributed by atoms with Gasteiger partial charge >= 0.3 is 0 Å². The minimum Gasteiger partial charge on any atom is -0.307 e. The lowest BCUT2D eigenvalue weighted by Gasteiger charge is -2.15. The number of rotatable bonds is 9. The van der Waals surface area contributed by atoms with Gasteiger partial charge in [-0.3, -0.25) is 4.57 Å². The van der Waals surface area contributed by atoms with E-state index in [1.807, 2.05) is 6.07 Å². The number of hydrogen-bond donors (Lipinski definition) is 0. The van der Waals surface area contributed by atoms with Crippen molar-refractivity contribution in [3.8, 4) is 90.0 Å². The van der Waals surface area contributed by atoms with Crippen molar-refractivity contribution >= 4 is 43.6 Å². The molecule has 0 aliphatic carbocycles. The Kier molecular flexibility index (Phi) is 10.4. The molecule has 14 aromatic rings. The van der Waals surface area contributed by atoms with E-state index in [0.29, 0.717) is 17.6 Å². The molecule has 346 valence electrons. The summed E-state index contributed by atoms with van der Waals surface area (Å²) in [7, 11) is 0. The van der Waals surface area contributed by atoms with Gasteiger partial charge < -0.3 is 4.57 Å². The van der Waals surface area contributed by atoms with Crippen molar-refractivity contribution in [1.82, 2.24) is 24.1 Å². The van der Waals surface area contributed by atoms with Crippen LogP contribution in [-0.2, 0) is 0 Å². The second kappa shape index (κ2) is 18.0. The van der Waals surface area contributed by atoms with Crippen LogP contribution in [0.15, 0.2) is 273 Å². The van der Waals surface area contributed by atoms with Crippen LogP contribution in [0.4, 0.5) is 0 Å². The average Bonchev–Trinajstić information content (AvgIpc) is 4.10. The lowest BCUT2D eigenvalue weighted by atomic mass is 9.94. The summed E-state index contributed by atoms with van der Waals surface area (Å²) >= 11 is 0. The van der Waals surface area contributed by atoms with Crippen LogP contribution in [0.1, 0.15) is 0 Å². The molecule has 74 heavy (non-hydrogen) atoms. The number of para-hydroxylation sites is 2. The molecule has 3 heterocycles. The maximum Gasteiger partial charge on any atom is 0.238 e. The van der Waals surface area contributed by atoms with Gasteiger partial charge in [0, 0.05) is 38.4 Å². The third kappa shape index (κ3) is 7.46. The lowest BCUT2D eigenvalue weighted by Crippen LogP contribution is -2.07. The van der Waals surface area contributed by atoms with E-state index in [9.17, 15) is 0 Å². The summed E-state index contributed by atoms with van der Waals surface area (Å²) < 4.78 is 4.76. The van der Waals surface area contributed by atoms with Crippen LogP contribution in [-0.4, -0.2) is 24.1 Å². The van der Waals surface area contributed by atoms with Crippen LogP contribution in [0.2, 0.25) is 0 Å². The Morgan fingerprint density at radius 2 is 0.662 bits per heavy atom. The van der Waals surface area contributed by atoms with Gasteiger partial charge in [0.2, 0.25) is 5.95 Å². The second-order valence-electron chi connectivity index (χ2n) is 18.8. The maximum absolute atomic E-state index is 5.58. The predicted octanol–water partition coefficient (Wildman–Crippen LogP) is 17.7. The largest absolute Gasteiger partial charge is 0.307 e. The van der Waals surface area contributed by atoms with Gasteiger partial charge in [-0.05, 0) is 98.1 Å². The van der Waals surface area contributed by atoms with Crippen LogP contribution in [0.3, 0.4) is 0 Å². The van der Waals surface area contributed by atoms with Crippen LogP contribution in [0.25, 0.3) is 134 Å². The van der Waals surface area contributed by atoms with Crippen molar-refractivity contribution in [3.63, 3.8) is 0 Å². The molecule has 0 saturated carbocycles. The van der Waals surface area contributed by atoms with E-state index < -0.39 is 0 Å². The van der Waals surface area contributed by atoms with Gasteiger partial charge in [-0.25, -0.2) is 4.98 Å². The fourth-order valence-electron chi connectivity index (χ4n) is 10.9. The van der Waals surface area contributed by atoms with E-state index in [1.54, 1.807) is 0 Å². The standard InChI is InChI=1S/C69H45N5/c1-5-20-46(21-6-1)50-38-40-51(41-39-50)67-70-68(56-32-18-29-53(43-56)48-24-9-3-10-25-48)72-69(71-67)74-63-37-16-14-35-59(63)64-60(55-31-17-28-52(42-55)47-22-7-2-8-23-47)45-61-58-34-13-15-36-62(58)73(65(61)66(64)74)57-33-19-30-54(44-57)49-26-11-4-12-27-49/h1-45H. The highest BCUT2D eigenvalue weighted by Gasteiger charge is 2.27. The Labute approximate surface area is 428 Å². The minimum absolute atomic E-state index is 0.528. The number of aromatic nitrogens is 5. The molecular formula is C69H45N5. The Morgan fingerprint density at radius 3 is 1.27 bits per heavy atom. The normalized spacial score (nSPS) is 11.5. The predicted molar refractivity (Wildman–Crippen MR) is 307 cm³/mol. The number of nitrogens with zero attached hydrogens (tertiary/aromatic N) is 5. The van der Waals surface area contributed by atoms with Gasteiger partial charge in [0.05, 0.1) is 22.1 Å². The second-order valence-corrected chi connectivity index (χ2v) is 18.8. The minimum atomic E-state index is 0.528. The van der Waals surface area contributed by atoms with Crippen molar-refractivity contribution < 1.29 is 0 Å². The molecule has 0 aliphatic heterocycles. The molecule has 5 heteroatoms. The molecule has 5 nitrogen and oxygen atoms in total. The van der Waals surface area contributed by atoms with Gasteiger partial charge in [-0.2, -0.15) is 9.97 Å². The summed E-state index contributed by atoms with van der Waals surface area (Å²) in [5.41, 5.74) is 18.4. The van der Waals surface area contributed by atoms with Crippen molar-refractivity contribution in [2.45, 2.75) is 0 Å². The molecule has 0 unspecified atom stereocenters. The number of fused-ring (bicyclic) bond motifs is 7. The maximum atomic E-state index is 5.58. The van der Waals surface area contributed by atoms with Crippen molar-refractivity contribution in [1.29, 1.82) is 0 Å². The SMILES string of the molecule is c1ccc(-c2ccc(-c3nc(-c4cccc(-c5ccccc5)c4)nc(-n4c5ccccc5c5c(-c6cccc(-c7ccccc7)c6)cc6c7ccccc7n(-c7cccc(-c8ccccc8)c7)c6c54)n3)cc2)cc1. The van der Waals surface area contributed by atoms with Gasteiger partial charge in [-0.15, -0.1) is 0 Å². The molecule has 14 rings (SSSR count). The van der Waals surface area contributed by atoms with Gasteiger partial charge in [0.1, 0.15) is 0 Å². The molecular weight excluding hydrogens is 899 g/mol. The molecule has 0 amide bonds. The average molecular weight is 944 g/mol. The molecule has 0 spiro atoms. The summed E-state index contributed by atoms with van der Waals surface area (Å²) in [6.07, 6.45) is 0. The smallest absolute Gasteiger partial charge is 0.238 e. The third-order valence-corrected chi connectivity index (χ3v) is 14.4. The summed E-state index contributed by atoms with van der Waals surface area (Å²) in [6, 6.07) is 97.2. The molecule has 0 aliphatic rings. The molecule has 3 aromatic heterocycles. The first-order valence-corrected chi connectivity index (χ1v) is 25.1. The fourth-order valence-corrected chi connectivity index (χ4v) is 10.9. The van der Waals surface area contributed by atoms with Crippen molar-refractivity contribution in [2.75, 3.05) is 0 Å². The van der Waals surface area contributed by atoms with Crippen molar-refractivity contribution in [2.24, 2.45) is 0 Å². The highest BCUT2D eigenvalue weighted by atomic mass is 15.2. The summed E-state index contributed by atoms with van der Waals surface area (Å²) in [4.78, 5) is 16.5. The van der Waals surface area contributed by atoms with E-state index in [1.165, 1.54) is 5.56 Å². The Balaban J connectivity index is 1.11. The summed E-state index contributed by atoms with van der Waals surface area (Å²) in [6.45, 7) is 0. The lowest BCUT2D eigenvalue weighted by molar-refractivity contribution is 0.953. The first-order chi connectivity index (χ1) is 36.7. The molecule has 0 saturated heterocycles. The van der Waals surface area contributed by atoms with Crippen LogP contribution < -0.4 is 0 Å². The fraction of sp³-hybridized carbons (Fsp3) is 0. The molecule has 0 N–H and O–H groups in total. The van der Waals surface area contributed by atoms with Crippen LogP contribution >= 0.6 is 0 Å². The number of benzene rings is 11. The van der Waals surface area contributed by atoms with Gasteiger partial charge in [0.15, 0.2) is 11.6 Å². The first-order valence-electron chi connectivity index (χ1n) is 25.1. The highest BCUT2D eigenvalue weighted by molar-refractivity contribution is 6.28. The topological polar surface area (TPSA) is 48.5 Å². The zero-order valence-electron chi connectivity index (χ0n) is 40.2. The van der Waals surface area contributed by atoms with E-state index in [-0.39, 0.29) is 0 Å². The van der Waals surface area contributed by atoms with E-state index >= 15 is 0 Å². The van der Waals surface area contributed by atoms with Gasteiger partial charge in [-0.1, -0.05) is 231 Å². The van der Waals surface area contributed by atoms with E-state index in [4.69, 9.17) is 15.0 Å². The Morgan fingerprint density at radius 1 is 0.243 bits per heavy atom. The zero-order chi connectivity index (χ0) is 49.0. The first kappa shape index (κ1) is 42.9. The molecule has 0 radical (unpaired) electrons. The van der Waals surface area contributed by atoms with Crippen LogP contribution in [0, 0.1) is 0 Å². The van der Waals surface area contributed by atoms with E-state index in [0.717, 1.165) is 110 Å². The quantitative estimate of drug-likeness (QED) is 0.145. The van der Waals surface area contributed by atoms with Crippen molar-refractivity contribution in [3.05, 3.63) is 273 Å². The Bertz CT molecular complexity index is 4390. The molecule has 0 fully saturated rings.